The van der Waals surface area contributed by atoms with Crippen LogP contribution in [-0.2, 0) is 13.0 Å². The molecule has 0 saturated carbocycles. The SMILES string of the molecule is CCCc1cc(C(=O)NCCn2nc([C@H]3CCN(C)C3)c3cccnc32)no1. The number of amides is 1. The normalized spacial score (nSPS) is 17.4. The number of likely N-dealkylation sites (tertiary alicyclic amines) is 1. The monoisotopic (exact) mass is 382 g/mol. The summed E-state index contributed by atoms with van der Waals surface area (Å²) in [7, 11) is 2.14. The molecule has 0 unspecified atom stereocenters. The first kappa shape index (κ1) is 18.6. The number of carbonyl (C=O) groups excluding carboxylic acids is 1. The number of nitrogens with one attached hydrogen (secondary N) is 1. The van der Waals surface area contributed by atoms with Crippen molar-refractivity contribution in [2.75, 3.05) is 26.7 Å². The zero-order valence-electron chi connectivity index (χ0n) is 16.4. The van der Waals surface area contributed by atoms with E-state index < -0.39 is 0 Å². The molecule has 0 radical (unpaired) electrons. The van der Waals surface area contributed by atoms with Crippen molar-refractivity contribution in [2.24, 2.45) is 0 Å². The predicted molar refractivity (Wildman–Crippen MR) is 105 cm³/mol. The standard InChI is InChI=1S/C20H26N6O2/c1-3-5-15-12-17(24-28-15)20(27)22-9-11-26-19-16(6-4-8-21-19)18(23-26)14-7-10-25(2)13-14/h4,6,8,12,14H,3,5,7,9-11,13H2,1-2H3,(H,22,27)/t14-/m0/s1. The third-order valence-corrected chi connectivity index (χ3v) is 5.21. The summed E-state index contributed by atoms with van der Waals surface area (Å²) in [6, 6.07) is 5.75. The molecule has 0 spiro atoms. The van der Waals surface area contributed by atoms with E-state index in [-0.39, 0.29) is 5.91 Å². The highest BCUT2D eigenvalue weighted by Crippen LogP contribution is 2.30. The van der Waals surface area contributed by atoms with E-state index in [4.69, 9.17) is 9.62 Å². The van der Waals surface area contributed by atoms with Gasteiger partial charge < -0.3 is 14.7 Å². The van der Waals surface area contributed by atoms with Crippen molar-refractivity contribution in [3.63, 3.8) is 0 Å². The van der Waals surface area contributed by atoms with Gasteiger partial charge in [-0.05, 0) is 38.6 Å². The van der Waals surface area contributed by atoms with Crippen molar-refractivity contribution in [1.29, 1.82) is 0 Å². The molecule has 4 heterocycles. The van der Waals surface area contributed by atoms with E-state index in [2.05, 4.69) is 40.4 Å². The van der Waals surface area contributed by atoms with Gasteiger partial charge in [-0.25, -0.2) is 9.67 Å². The van der Waals surface area contributed by atoms with Gasteiger partial charge in [0, 0.05) is 43.1 Å². The van der Waals surface area contributed by atoms with Crippen LogP contribution in [0.5, 0.6) is 0 Å². The quantitative estimate of drug-likeness (QED) is 0.674. The summed E-state index contributed by atoms with van der Waals surface area (Å²) < 4.78 is 7.07. The van der Waals surface area contributed by atoms with E-state index in [0.29, 0.717) is 24.7 Å². The number of hydrogen-bond acceptors (Lipinski definition) is 6. The topological polar surface area (TPSA) is 89.1 Å². The van der Waals surface area contributed by atoms with Crippen LogP contribution in [0.2, 0.25) is 0 Å². The molecule has 1 aliphatic rings. The van der Waals surface area contributed by atoms with Gasteiger partial charge in [-0.15, -0.1) is 0 Å². The molecule has 3 aromatic heterocycles. The fourth-order valence-electron chi connectivity index (χ4n) is 3.80. The maximum atomic E-state index is 12.3. The van der Waals surface area contributed by atoms with E-state index in [9.17, 15) is 4.79 Å². The van der Waals surface area contributed by atoms with E-state index >= 15 is 0 Å². The van der Waals surface area contributed by atoms with Crippen LogP contribution < -0.4 is 5.32 Å². The Morgan fingerprint density at radius 1 is 1.43 bits per heavy atom. The zero-order valence-corrected chi connectivity index (χ0v) is 16.4. The molecule has 1 fully saturated rings. The van der Waals surface area contributed by atoms with Gasteiger partial charge in [0.15, 0.2) is 11.3 Å². The molecule has 8 heteroatoms. The molecule has 4 rings (SSSR count). The maximum Gasteiger partial charge on any atom is 0.273 e. The Balaban J connectivity index is 1.44. The number of rotatable bonds is 7. The maximum absolute atomic E-state index is 12.3. The van der Waals surface area contributed by atoms with Crippen molar-refractivity contribution in [3.05, 3.63) is 41.5 Å². The molecule has 1 atom stereocenters. The minimum Gasteiger partial charge on any atom is -0.361 e. The van der Waals surface area contributed by atoms with Gasteiger partial charge >= 0.3 is 0 Å². The molecule has 0 bridgehead atoms. The molecular formula is C20H26N6O2. The smallest absolute Gasteiger partial charge is 0.273 e. The molecule has 1 N–H and O–H groups in total. The summed E-state index contributed by atoms with van der Waals surface area (Å²) in [5.74, 6) is 0.939. The van der Waals surface area contributed by atoms with Crippen molar-refractivity contribution in [2.45, 2.75) is 38.6 Å². The Bertz CT molecular complexity index is 963. The summed E-state index contributed by atoms with van der Waals surface area (Å²) in [4.78, 5) is 19.1. The molecule has 8 nitrogen and oxygen atoms in total. The molecule has 148 valence electrons. The first-order chi connectivity index (χ1) is 13.7. The second kappa shape index (κ2) is 8.10. The average molecular weight is 382 g/mol. The largest absolute Gasteiger partial charge is 0.361 e. The van der Waals surface area contributed by atoms with Crippen LogP contribution in [0.4, 0.5) is 0 Å². The Kier molecular flexibility index (Phi) is 5.38. The van der Waals surface area contributed by atoms with E-state index in [1.807, 2.05) is 10.7 Å². The van der Waals surface area contributed by atoms with Crippen molar-refractivity contribution in [3.8, 4) is 0 Å². The lowest BCUT2D eigenvalue weighted by molar-refractivity contribution is 0.0943. The van der Waals surface area contributed by atoms with Crippen molar-refractivity contribution < 1.29 is 9.32 Å². The van der Waals surface area contributed by atoms with E-state index in [1.165, 1.54) is 0 Å². The average Bonchev–Trinajstić information content (AvgIpc) is 3.41. The lowest BCUT2D eigenvalue weighted by Gasteiger charge is -2.08. The Hall–Kier alpha value is -2.74. The van der Waals surface area contributed by atoms with Crippen LogP contribution in [0, 0.1) is 0 Å². The van der Waals surface area contributed by atoms with Gasteiger partial charge in [-0.1, -0.05) is 12.1 Å². The first-order valence-electron chi connectivity index (χ1n) is 9.89. The minimum atomic E-state index is -0.229. The predicted octanol–water partition coefficient (Wildman–Crippen LogP) is 2.22. The number of fused-ring (bicyclic) bond motifs is 1. The van der Waals surface area contributed by atoms with Gasteiger partial charge in [0.25, 0.3) is 5.91 Å². The lowest BCUT2D eigenvalue weighted by atomic mass is 10.0. The molecule has 1 aliphatic heterocycles. The Morgan fingerprint density at radius 3 is 3.11 bits per heavy atom. The van der Waals surface area contributed by atoms with E-state index in [0.717, 1.165) is 54.8 Å². The lowest BCUT2D eigenvalue weighted by Crippen LogP contribution is -2.27. The van der Waals surface area contributed by atoms with Crippen LogP contribution in [0.15, 0.2) is 28.9 Å². The second-order valence-corrected chi connectivity index (χ2v) is 7.42. The van der Waals surface area contributed by atoms with Crippen LogP contribution >= 0.6 is 0 Å². The van der Waals surface area contributed by atoms with Gasteiger partial charge in [0.05, 0.1) is 12.2 Å². The summed E-state index contributed by atoms with van der Waals surface area (Å²) >= 11 is 0. The van der Waals surface area contributed by atoms with Gasteiger partial charge in [0.2, 0.25) is 0 Å². The van der Waals surface area contributed by atoms with Crippen LogP contribution in [0.3, 0.4) is 0 Å². The number of carbonyl (C=O) groups is 1. The number of pyridine rings is 1. The molecule has 1 saturated heterocycles. The molecule has 0 aromatic carbocycles. The summed E-state index contributed by atoms with van der Waals surface area (Å²) in [5.41, 5.74) is 2.30. The van der Waals surface area contributed by atoms with Crippen molar-refractivity contribution >= 4 is 16.9 Å². The van der Waals surface area contributed by atoms with Crippen molar-refractivity contribution in [1.82, 2.24) is 30.1 Å². The highest BCUT2D eigenvalue weighted by atomic mass is 16.5. The van der Waals surface area contributed by atoms with Gasteiger partial charge in [0.1, 0.15) is 5.76 Å². The van der Waals surface area contributed by atoms with Crippen LogP contribution in [0.25, 0.3) is 11.0 Å². The molecular weight excluding hydrogens is 356 g/mol. The fourth-order valence-corrected chi connectivity index (χ4v) is 3.80. The summed E-state index contributed by atoms with van der Waals surface area (Å²) in [6.45, 7) is 5.17. The second-order valence-electron chi connectivity index (χ2n) is 7.42. The van der Waals surface area contributed by atoms with Gasteiger partial charge in [-0.3, -0.25) is 4.79 Å². The number of hydrogen-bond donors (Lipinski definition) is 1. The highest BCUT2D eigenvalue weighted by Gasteiger charge is 2.26. The van der Waals surface area contributed by atoms with Gasteiger partial charge in [-0.2, -0.15) is 5.10 Å². The first-order valence-corrected chi connectivity index (χ1v) is 9.89. The number of likely N-dealkylation sites (N-methyl/N-ethyl adjacent to an activating group) is 1. The summed E-state index contributed by atoms with van der Waals surface area (Å²) in [6.07, 6.45) is 4.63. The third-order valence-electron chi connectivity index (χ3n) is 5.21. The number of aryl methyl sites for hydroxylation is 1. The molecule has 0 aliphatic carbocycles. The molecule has 3 aromatic rings. The fraction of sp³-hybridized carbons (Fsp3) is 0.500. The molecule has 28 heavy (non-hydrogen) atoms. The molecule has 1 amide bonds. The highest BCUT2D eigenvalue weighted by molar-refractivity contribution is 5.92. The Labute approximate surface area is 163 Å². The summed E-state index contributed by atoms with van der Waals surface area (Å²) in [5, 5.41) is 12.7. The van der Waals surface area contributed by atoms with E-state index in [1.54, 1.807) is 12.3 Å². The zero-order chi connectivity index (χ0) is 19.5. The number of nitrogens with zero attached hydrogens (tertiary/aromatic N) is 5. The minimum absolute atomic E-state index is 0.229. The Morgan fingerprint density at radius 2 is 2.32 bits per heavy atom. The van der Waals surface area contributed by atoms with Crippen LogP contribution in [0.1, 0.15) is 47.6 Å². The van der Waals surface area contributed by atoms with Crippen LogP contribution in [-0.4, -0.2) is 57.4 Å². The number of aromatic nitrogens is 4. The third kappa shape index (κ3) is 3.77.